The van der Waals surface area contributed by atoms with E-state index in [0.717, 1.165) is 6.08 Å². The largest absolute Gasteiger partial charge is 0.478 e. The van der Waals surface area contributed by atoms with Gasteiger partial charge in [-0.15, -0.1) is 0 Å². The van der Waals surface area contributed by atoms with Crippen LogP contribution in [0.1, 0.15) is 0 Å². The molecule has 5 atom stereocenters. The van der Waals surface area contributed by atoms with E-state index in [0.29, 0.717) is 0 Å². The number of nitrogens with two attached hydrogens (primary N) is 2. The maximum absolute atomic E-state index is 12.6. The lowest BCUT2D eigenvalue weighted by molar-refractivity contribution is -0.177. The number of aliphatic hydroxyl groups is 3. The SMILES string of the molecule is NC(N)=N[C@H]1C=C(C(=O)O)O[C@@H]([C@H](O)[C@H](O)CO)[C@@H]1NC(=O)C(F)(F)F. The highest BCUT2D eigenvalue weighted by Gasteiger charge is 2.48. The molecular formula is C12H17F3N4O7. The van der Waals surface area contributed by atoms with Crippen LogP contribution >= 0.6 is 0 Å². The fraction of sp³-hybridized carbons (Fsp3) is 0.583. The van der Waals surface area contributed by atoms with E-state index in [1.165, 1.54) is 5.32 Å². The monoisotopic (exact) mass is 386 g/mol. The summed E-state index contributed by atoms with van der Waals surface area (Å²) in [5.74, 6) is -5.60. The number of aliphatic hydroxyl groups excluding tert-OH is 3. The van der Waals surface area contributed by atoms with Crippen LogP contribution < -0.4 is 16.8 Å². The summed E-state index contributed by atoms with van der Waals surface area (Å²) in [4.78, 5) is 25.9. The first-order valence-electron chi connectivity index (χ1n) is 6.93. The van der Waals surface area contributed by atoms with Crippen molar-refractivity contribution in [3.63, 3.8) is 0 Å². The first kappa shape index (κ1) is 21.5. The van der Waals surface area contributed by atoms with E-state index >= 15 is 0 Å². The molecule has 0 fully saturated rings. The number of aliphatic imine (C=N–C) groups is 1. The average Bonchev–Trinajstić information content (AvgIpc) is 2.52. The molecule has 0 saturated carbocycles. The predicted octanol–water partition coefficient (Wildman–Crippen LogP) is -3.24. The average molecular weight is 386 g/mol. The topological polar surface area (TPSA) is 201 Å². The van der Waals surface area contributed by atoms with Crippen LogP contribution in [-0.4, -0.2) is 81.4 Å². The number of carbonyl (C=O) groups is 2. The van der Waals surface area contributed by atoms with Crippen molar-refractivity contribution >= 4 is 17.8 Å². The van der Waals surface area contributed by atoms with E-state index in [9.17, 15) is 33.0 Å². The van der Waals surface area contributed by atoms with Gasteiger partial charge in [0.25, 0.3) is 0 Å². The van der Waals surface area contributed by atoms with Gasteiger partial charge < -0.3 is 41.9 Å². The Kier molecular flexibility index (Phi) is 6.77. The number of guanidine groups is 1. The van der Waals surface area contributed by atoms with Crippen molar-refractivity contribution in [2.75, 3.05) is 6.61 Å². The lowest BCUT2D eigenvalue weighted by Gasteiger charge is -2.38. The Bertz CT molecular complexity index is 606. The van der Waals surface area contributed by atoms with Crippen LogP contribution in [0.5, 0.6) is 0 Å². The van der Waals surface area contributed by atoms with E-state index in [1.54, 1.807) is 0 Å². The van der Waals surface area contributed by atoms with Crippen molar-refractivity contribution in [2.45, 2.75) is 36.6 Å². The summed E-state index contributed by atoms with van der Waals surface area (Å²) in [6.07, 6.45) is -10.5. The Morgan fingerprint density at radius 3 is 2.35 bits per heavy atom. The molecule has 9 N–H and O–H groups in total. The molecule has 148 valence electrons. The summed E-state index contributed by atoms with van der Waals surface area (Å²) >= 11 is 0. The molecule has 0 saturated heterocycles. The number of nitrogens with zero attached hydrogens (tertiary/aromatic N) is 1. The molecule has 1 aliphatic rings. The zero-order valence-electron chi connectivity index (χ0n) is 12.9. The Morgan fingerprint density at radius 1 is 1.35 bits per heavy atom. The highest BCUT2D eigenvalue weighted by Crippen LogP contribution is 2.26. The summed E-state index contributed by atoms with van der Waals surface area (Å²) in [5.41, 5.74) is 10.3. The maximum atomic E-state index is 12.6. The fourth-order valence-corrected chi connectivity index (χ4v) is 2.13. The lowest BCUT2D eigenvalue weighted by atomic mass is 9.92. The summed E-state index contributed by atoms with van der Waals surface area (Å²) < 4.78 is 42.5. The van der Waals surface area contributed by atoms with Crippen molar-refractivity contribution in [1.82, 2.24) is 5.32 Å². The normalized spacial score (nSPS) is 25.3. The third kappa shape index (κ3) is 5.21. The number of halogens is 3. The molecule has 0 aromatic carbocycles. The van der Waals surface area contributed by atoms with Crippen LogP contribution in [0.4, 0.5) is 13.2 Å². The van der Waals surface area contributed by atoms with Gasteiger partial charge in [0, 0.05) is 0 Å². The van der Waals surface area contributed by atoms with Gasteiger partial charge in [0.05, 0.1) is 18.7 Å². The molecule has 0 unspecified atom stereocenters. The first-order valence-corrected chi connectivity index (χ1v) is 6.93. The van der Waals surface area contributed by atoms with Crippen LogP contribution in [0.2, 0.25) is 0 Å². The molecule has 1 amide bonds. The van der Waals surface area contributed by atoms with Crippen molar-refractivity contribution < 1.29 is 47.9 Å². The summed E-state index contributed by atoms with van der Waals surface area (Å²) in [5, 5.41) is 38.9. The molecule has 14 heteroatoms. The molecule has 0 aromatic heterocycles. The Labute approximate surface area is 143 Å². The van der Waals surface area contributed by atoms with E-state index in [2.05, 4.69) is 4.99 Å². The van der Waals surface area contributed by atoms with Gasteiger partial charge in [-0.3, -0.25) is 4.79 Å². The molecule has 1 rings (SSSR count). The number of hydrogen-bond acceptors (Lipinski definition) is 7. The van der Waals surface area contributed by atoms with Gasteiger partial charge in [-0.05, 0) is 6.08 Å². The minimum Gasteiger partial charge on any atom is -0.478 e. The number of carbonyl (C=O) groups excluding carboxylic acids is 1. The van der Waals surface area contributed by atoms with E-state index < -0.39 is 66.8 Å². The second kappa shape index (κ2) is 8.20. The molecule has 0 bridgehead atoms. The van der Waals surface area contributed by atoms with Crippen molar-refractivity contribution in [3.8, 4) is 0 Å². The molecule has 0 radical (unpaired) electrons. The van der Waals surface area contributed by atoms with E-state index in [1.807, 2.05) is 0 Å². The number of carboxylic acids is 1. The number of ether oxygens (including phenoxy) is 1. The van der Waals surface area contributed by atoms with Crippen LogP contribution in [-0.2, 0) is 14.3 Å². The highest BCUT2D eigenvalue weighted by molar-refractivity contribution is 5.85. The van der Waals surface area contributed by atoms with Gasteiger partial charge >= 0.3 is 18.1 Å². The summed E-state index contributed by atoms with van der Waals surface area (Å²) in [6.45, 7) is -1.03. The van der Waals surface area contributed by atoms with E-state index in [-0.39, 0.29) is 0 Å². The third-order valence-electron chi connectivity index (χ3n) is 3.29. The predicted molar refractivity (Wildman–Crippen MR) is 77.3 cm³/mol. The maximum Gasteiger partial charge on any atom is 0.471 e. The van der Waals surface area contributed by atoms with Gasteiger partial charge in [0.15, 0.2) is 5.96 Å². The molecule has 0 aliphatic carbocycles. The zero-order chi connectivity index (χ0) is 20.2. The molecule has 0 spiro atoms. The minimum absolute atomic E-state index is 0.653. The third-order valence-corrected chi connectivity index (χ3v) is 3.29. The lowest BCUT2D eigenvalue weighted by Crippen LogP contribution is -2.61. The van der Waals surface area contributed by atoms with E-state index in [4.69, 9.17) is 26.4 Å². The van der Waals surface area contributed by atoms with Gasteiger partial charge in [0.1, 0.15) is 18.3 Å². The summed E-state index contributed by atoms with van der Waals surface area (Å²) in [6, 6.07) is -3.39. The zero-order valence-corrected chi connectivity index (χ0v) is 12.9. The van der Waals surface area contributed by atoms with Crippen LogP contribution in [0, 0.1) is 0 Å². The van der Waals surface area contributed by atoms with Gasteiger partial charge in [-0.25, -0.2) is 9.79 Å². The number of hydrogen-bond donors (Lipinski definition) is 7. The molecule has 26 heavy (non-hydrogen) atoms. The highest BCUT2D eigenvalue weighted by atomic mass is 19.4. The molecule has 1 aliphatic heterocycles. The molecular weight excluding hydrogens is 369 g/mol. The fourth-order valence-electron chi connectivity index (χ4n) is 2.13. The van der Waals surface area contributed by atoms with Gasteiger partial charge in [-0.2, -0.15) is 13.2 Å². The van der Waals surface area contributed by atoms with Crippen LogP contribution in [0.3, 0.4) is 0 Å². The van der Waals surface area contributed by atoms with Gasteiger partial charge in [-0.1, -0.05) is 0 Å². The number of alkyl halides is 3. The number of rotatable bonds is 6. The molecule has 11 nitrogen and oxygen atoms in total. The number of amides is 1. The second-order valence-corrected chi connectivity index (χ2v) is 5.20. The molecule has 1 heterocycles. The number of carboxylic acid groups (broad SMARTS) is 1. The number of nitrogens with one attached hydrogen (secondary N) is 1. The standard InChI is InChI=1S/C12H17F3N4O7/c13-12(14,15)10(25)19-6-3(18-11(16)17)1-5(9(23)24)26-8(6)7(22)4(21)2-20/h1,3-4,6-8,20-22H,2H2,(H,19,25)(H,23,24)(H4,16,17,18)/t3-,4+,6+,7+,8+/m0/s1. The minimum atomic E-state index is -5.32. The number of aliphatic carboxylic acids is 1. The molecule has 0 aromatic rings. The Balaban J connectivity index is 3.36. The van der Waals surface area contributed by atoms with Gasteiger partial charge in [0.2, 0.25) is 5.76 Å². The smallest absolute Gasteiger partial charge is 0.471 e. The summed E-state index contributed by atoms with van der Waals surface area (Å²) in [7, 11) is 0. The van der Waals surface area contributed by atoms with Crippen molar-refractivity contribution in [1.29, 1.82) is 0 Å². The Hall–Kier alpha value is -2.58. The van der Waals surface area contributed by atoms with Crippen LogP contribution in [0.25, 0.3) is 0 Å². The van der Waals surface area contributed by atoms with Crippen molar-refractivity contribution in [3.05, 3.63) is 11.8 Å². The van der Waals surface area contributed by atoms with Crippen molar-refractivity contribution in [2.24, 2.45) is 16.5 Å². The second-order valence-electron chi connectivity index (χ2n) is 5.20. The Morgan fingerprint density at radius 2 is 1.92 bits per heavy atom. The quantitative estimate of drug-likeness (QED) is 0.181. The first-order chi connectivity index (χ1) is 11.9. The van der Waals surface area contributed by atoms with Crippen LogP contribution in [0.15, 0.2) is 16.8 Å².